The summed E-state index contributed by atoms with van der Waals surface area (Å²) in [6.07, 6.45) is 1.24. The molecule has 0 bridgehead atoms. The number of amides is 1. The Kier molecular flexibility index (Phi) is 6.63. The van der Waals surface area contributed by atoms with E-state index < -0.39 is 5.97 Å². The first-order chi connectivity index (χ1) is 12.6. The zero-order chi connectivity index (χ0) is 18.4. The molecule has 1 saturated heterocycles. The Bertz CT molecular complexity index is 743. The van der Waals surface area contributed by atoms with E-state index >= 15 is 0 Å². The van der Waals surface area contributed by atoms with Crippen molar-refractivity contribution in [3.05, 3.63) is 71.3 Å². The SMILES string of the molecule is O=C(O)CN(Cc1ccccc1)C(=O)c1ccc(C2SCCCS2)cc1. The maximum absolute atomic E-state index is 12.8. The fourth-order valence-corrected chi connectivity index (χ4v) is 5.71. The molecule has 4 nitrogen and oxygen atoms in total. The molecule has 1 fully saturated rings. The molecule has 136 valence electrons. The maximum Gasteiger partial charge on any atom is 0.323 e. The fourth-order valence-electron chi connectivity index (χ4n) is 2.81. The Morgan fingerprint density at radius 2 is 1.65 bits per heavy atom. The van der Waals surface area contributed by atoms with Crippen LogP contribution >= 0.6 is 23.5 Å². The highest BCUT2D eigenvalue weighted by molar-refractivity contribution is 8.16. The van der Waals surface area contributed by atoms with Gasteiger partial charge in [-0.2, -0.15) is 0 Å². The van der Waals surface area contributed by atoms with E-state index in [1.165, 1.54) is 28.4 Å². The first-order valence-electron chi connectivity index (χ1n) is 8.51. The monoisotopic (exact) mass is 387 g/mol. The van der Waals surface area contributed by atoms with Crippen LogP contribution in [-0.4, -0.2) is 39.9 Å². The van der Waals surface area contributed by atoms with Gasteiger partial charge in [-0.05, 0) is 41.2 Å². The third-order valence-corrected chi connectivity index (χ3v) is 7.10. The molecule has 2 aromatic carbocycles. The maximum atomic E-state index is 12.8. The van der Waals surface area contributed by atoms with Crippen molar-refractivity contribution >= 4 is 35.4 Å². The normalized spacial score (nSPS) is 14.8. The number of aliphatic carboxylic acids is 1. The number of carboxylic acids is 1. The Morgan fingerprint density at radius 1 is 1.00 bits per heavy atom. The Balaban J connectivity index is 1.74. The van der Waals surface area contributed by atoms with Crippen LogP contribution in [0.5, 0.6) is 0 Å². The molecule has 1 heterocycles. The van der Waals surface area contributed by atoms with Crippen molar-refractivity contribution in [1.29, 1.82) is 0 Å². The topological polar surface area (TPSA) is 57.6 Å². The first-order valence-corrected chi connectivity index (χ1v) is 10.6. The molecule has 2 aromatic rings. The van der Waals surface area contributed by atoms with Crippen LogP contribution in [0.3, 0.4) is 0 Å². The number of carbonyl (C=O) groups excluding carboxylic acids is 1. The minimum absolute atomic E-state index is 0.258. The van der Waals surface area contributed by atoms with Gasteiger partial charge in [0.25, 0.3) is 5.91 Å². The number of carbonyl (C=O) groups is 2. The van der Waals surface area contributed by atoms with Crippen molar-refractivity contribution in [1.82, 2.24) is 4.90 Å². The largest absolute Gasteiger partial charge is 0.480 e. The molecule has 0 radical (unpaired) electrons. The van der Waals surface area contributed by atoms with E-state index in [0.29, 0.717) is 10.1 Å². The van der Waals surface area contributed by atoms with Gasteiger partial charge in [-0.3, -0.25) is 9.59 Å². The van der Waals surface area contributed by atoms with Gasteiger partial charge in [-0.25, -0.2) is 0 Å². The quantitative estimate of drug-likeness (QED) is 0.802. The van der Waals surface area contributed by atoms with Gasteiger partial charge < -0.3 is 10.0 Å². The van der Waals surface area contributed by atoms with Gasteiger partial charge in [-0.1, -0.05) is 42.5 Å². The van der Waals surface area contributed by atoms with E-state index in [9.17, 15) is 14.7 Å². The highest BCUT2D eigenvalue weighted by Crippen LogP contribution is 2.43. The fraction of sp³-hybridized carbons (Fsp3) is 0.300. The summed E-state index contributed by atoms with van der Waals surface area (Å²) in [5, 5.41) is 9.17. The van der Waals surface area contributed by atoms with E-state index in [2.05, 4.69) is 0 Å². The van der Waals surface area contributed by atoms with Crippen molar-refractivity contribution in [3.63, 3.8) is 0 Å². The average molecular weight is 388 g/mol. The number of hydrogen-bond acceptors (Lipinski definition) is 4. The molecule has 0 atom stereocenters. The molecule has 3 rings (SSSR count). The number of rotatable bonds is 6. The highest BCUT2D eigenvalue weighted by atomic mass is 32.2. The van der Waals surface area contributed by atoms with Gasteiger partial charge >= 0.3 is 5.97 Å². The van der Waals surface area contributed by atoms with Crippen molar-refractivity contribution in [2.24, 2.45) is 0 Å². The third-order valence-electron chi connectivity index (χ3n) is 4.09. The second-order valence-corrected chi connectivity index (χ2v) is 8.81. The molecule has 26 heavy (non-hydrogen) atoms. The number of nitrogens with zero attached hydrogens (tertiary/aromatic N) is 1. The second kappa shape index (κ2) is 9.14. The number of carboxylic acid groups (broad SMARTS) is 1. The summed E-state index contributed by atoms with van der Waals surface area (Å²) in [4.78, 5) is 25.4. The highest BCUT2D eigenvalue weighted by Gasteiger charge is 2.21. The summed E-state index contributed by atoms with van der Waals surface area (Å²) in [5.74, 6) is 1.07. The van der Waals surface area contributed by atoms with Gasteiger partial charge in [-0.15, -0.1) is 23.5 Å². The minimum Gasteiger partial charge on any atom is -0.480 e. The van der Waals surface area contributed by atoms with Crippen LogP contribution in [-0.2, 0) is 11.3 Å². The summed E-state index contributed by atoms with van der Waals surface area (Å²) < 4.78 is 0.423. The van der Waals surface area contributed by atoms with Gasteiger partial charge in [0, 0.05) is 12.1 Å². The van der Waals surface area contributed by atoms with Crippen molar-refractivity contribution in [2.45, 2.75) is 17.5 Å². The summed E-state index contributed by atoms with van der Waals surface area (Å²) in [6.45, 7) is -0.0359. The van der Waals surface area contributed by atoms with Gasteiger partial charge in [0.1, 0.15) is 6.54 Å². The predicted octanol–water partition coefficient (Wildman–Crippen LogP) is 4.28. The molecule has 0 aromatic heterocycles. The lowest BCUT2D eigenvalue weighted by atomic mass is 10.1. The molecule has 0 aliphatic carbocycles. The van der Waals surface area contributed by atoms with E-state index in [-0.39, 0.29) is 19.0 Å². The smallest absolute Gasteiger partial charge is 0.323 e. The molecule has 0 saturated carbocycles. The van der Waals surface area contributed by atoms with Crippen LogP contribution in [0.2, 0.25) is 0 Å². The van der Waals surface area contributed by atoms with E-state index in [4.69, 9.17) is 0 Å². The Hall–Kier alpha value is -1.92. The number of thioether (sulfide) groups is 2. The van der Waals surface area contributed by atoms with Crippen molar-refractivity contribution in [2.75, 3.05) is 18.1 Å². The third kappa shape index (κ3) is 5.05. The van der Waals surface area contributed by atoms with E-state index in [0.717, 1.165) is 5.56 Å². The lowest BCUT2D eigenvalue weighted by molar-refractivity contribution is -0.137. The summed E-state index contributed by atoms with van der Waals surface area (Å²) in [5.41, 5.74) is 2.65. The van der Waals surface area contributed by atoms with Gasteiger partial charge in [0.2, 0.25) is 0 Å². The summed E-state index contributed by atoms with van der Waals surface area (Å²) in [6, 6.07) is 17.0. The molecule has 0 spiro atoms. The van der Waals surface area contributed by atoms with Gasteiger partial charge in [0.05, 0.1) is 4.58 Å². The van der Waals surface area contributed by atoms with Crippen molar-refractivity contribution < 1.29 is 14.7 Å². The van der Waals surface area contributed by atoms with Crippen LogP contribution in [0.15, 0.2) is 54.6 Å². The predicted molar refractivity (Wildman–Crippen MR) is 108 cm³/mol. The van der Waals surface area contributed by atoms with E-state index in [1.807, 2.05) is 78.1 Å². The molecule has 1 amide bonds. The van der Waals surface area contributed by atoms with Crippen LogP contribution in [0, 0.1) is 0 Å². The second-order valence-electron chi connectivity index (χ2n) is 6.09. The lowest BCUT2D eigenvalue weighted by Gasteiger charge is -2.23. The number of hydrogen-bond donors (Lipinski definition) is 1. The van der Waals surface area contributed by atoms with Crippen LogP contribution in [0.25, 0.3) is 0 Å². The lowest BCUT2D eigenvalue weighted by Crippen LogP contribution is -2.35. The van der Waals surface area contributed by atoms with E-state index in [1.54, 1.807) is 0 Å². The first kappa shape index (κ1) is 18.9. The number of benzene rings is 2. The molecule has 6 heteroatoms. The zero-order valence-corrected chi connectivity index (χ0v) is 16.0. The summed E-state index contributed by atoms with van der Waals surface area (Å²) in [7, 11) is 0. The van der Waals surface area contributed by atoms with Crippen molar-refractivity contribution in [3.8, 4) is 0 Å². The Morgan fingerprint density at radius 3 is 2.27 bits per heavy atom. The van der Waals surface area contributed by atoms with Crippen LogP contribution < -0.4 is 0 Å². The molecule has 0 unspecified atom stereocenters. The standard InChI is InChI=1S/C20H21NO3S2/c22-18(23)14-21(13-15-5-2-1-3-6-15)19(24)16-7-9-17(10-8-16)20-25-11-4-12-26-20/h1-3,5-10,20H,4,11-14H2,(H,22,23). The minimum atomic E-state index is -1.01. The zero-order valence-electron chi connectivity index (χ0n) is 14.3. The molecule has 1 aliphatic heterocycles. The molecule has 1 N–H and O–H groups in total. The Labute approximate surface area is 162 Å². The molecular formula is C20H21NO3S2. The van der Waals surface area contributed by atoms with Gasteiger partial charge in [0.15, 0.2) is 0 Å². The molecular weight excluding hydrogens is 366 g/mol. The summed E-state index contributed by atoms with van der Waals surface area (Å²) >= 11 is 3.87. The molecule has 1 aliphatic rings. The average Bonchev–Trinajstić information content (AvgIpc) is 2.68. The van der Waals surface area contributed by atoms with Crippen LogP contribution in [0.4, 0.5) is 0 Å². The van der Waals surface area contributed by atoms with Crippen LogP contribution in [0.1, 0.15) is 32.5 Å².